The number of carbonyl (C=O) groups is 2. The average Bonchev–Trinajstić information content (AvgIpc) is 3.38. The average molecular weight is 1130 g/mol. The summed E-state index contributed by atoms with van der Waals surface area (Å²) in [7, 11) is 0. The van der Waals surface area contributed by atoms with Crippen molar-refractivity contribution in [2.24, 2.45) is 0 Å². The quantitative estimate of drug-likeness (QED) is 0.0346. The van der Waals surface area contributed by atoms with Gasteiger partial charge in [-0.1, -0.05) is 102 Å². The van der Waals surface area contributed by atoms with E-state index < -0.39 is 19.2 Å². The molecule has 73 heavy (non-hydrogen) atoms. The van der Waals surface area contributed by atoms with E-state index in [1.165, 1.54) is 295 Å². The molecule has 432 valence electrons. The van der Waals surface area contributed by atoms with Crippen LogP contribution >= 0.6 is 0 Å². The molecule has 0 saturated carbocycles. The number of hydrogen-bond donors (Lipinski definition) is 0. The van der Waals surface area contributed by atoms with E-state index in [4.69, 9.17) is 6.15 Å². The Hall–Kier alpha value is -0.781. The molecule has 0 spiro atoms. The monoisotopic (exact) mass is 1130 g/mol. The zero-order chi connectivity index (χ0) is 52.9. The van der Waals surface area contributed by atoms with Crippen LogP contribution in [0.1, 0.15) is 387 Å². The van der Waals surface area contributed by atoms with Crippen molar-refractivity contribution in [2.75, 3.05) is 0 Å². The fourth-order valence-electron chi connectivity index (χ4n) is 10.7. The molecular weight excluding hydrogens is 999 g/mol. The van der Waals surface area contributed by atoms with E-state index in [9.17, 15) is 9.59 Å². The van der Waals surface area contributed by atoms with Gasteiger partial charge in [0.25, 0.3) is 0 Å². The van der Waals surface area contributed by atoms with Crippen molar-refractivity contribution in [3.8, 4) is 0 Å². The topological polar surface area (TPSA) is 52.6 Å². The van der Waals surface area contributed by atoms with Crippen LogP contribution in [0.3, 0.4) is 0 Å². The van der Waals surface area contributed by atoms with Crippen LogP contribution in [0.4, 0.5) is 0 Å². The molecule has 0 atom stereocenters. The Morgan fingerprint density at radius 1 is 0.247 bits per heavy atom. The molecule has 0 aliphatic carbocycles. The molecule has 0 fully saturated rings. The number of rotatable bonds is 62. The molecule has 0 saturated heterocycles. The minimum Gasteiger partial charge on any atom is -0.0885 e. The molecule has 0 aromatic carbocycles. The first-order valence-corrected chi connectivity index (χ1v) is 40.1. The van der Waals surface area contributed by atoms with Gasteiger partial charge >= 0.3 is 326 Å². The zero-order valence-corrected chi connectivity index (χ0v) is 53.3. The summed E-state index contributed by atoms with van der Waals surface area (Å²) in [6.45, 7) is 9.16. The minimum atomic E-state index is -4.03. The third kappa shape index (κ3) is 57.2. The summed E-state index contributed by atoms with van der Waals surface area (Å²) in [5.74, 6) is -0.132. The molecule has 0 aromatic heterocycles. The fourth-order valence-corrected chi connectivity index (χ4v) is 20.2. The van der Waals surface area contributed by atoms with Crippen LogP contribution in [-0.2, 0) is 15.7 Å². The molecule has 0 unspecified atom stereocenters. The van der Waals surface area contributed by atoms with Gasteiger partial charge in [0.05, 0.1) is 0 Å². The van der Waals surface area contributed by atoms with E-state index in [1.807, 2.05) is 0 Å². The van der Waals surface area contributed by atoms with Crippen molar-refractivity contribution < 1.29 is 15.7 Å². The van der Waals surface area contributed by atoms with Crippen molar-refractivity contribution in [1.29, 1.82) is 0 Å². The summed E-state index contributed by atoms with van der Waals surface area (Å²) >= 11 is -4.03. The van der Waals surface area contributed by atoms with Crippen molar-refractivity contribution >= 4 is 31.1 Å². The van der Waals surface area contributed by atoms with Gasteiger partial charge in [0, 0.05) is 0 Å². The summed E-state index contributed by atoms with van der Waals surface area (Å²) in [4.78, 5) is 27.5. The van der Waals surface area contributed by atoms with Gasteiger partial charge < -0.3 is 0 Å². The second-order valence-corrected chi connectivity index (χ2v) is 32.4. The van der Waals surface area contributed by atoms with Crippen molar-refractivity contribution in [2.45, 2.75) is 396 Å². The predicted octanol–water partition coefficient (Wildman–Crippen LogP) is 24.6. The molecule has 0 aliphatic rings. The Balaban J connectivity index is 4.98. The molecule has 0 N–H and O–H groups in total. The molecule has 0 heterocycles. The summed E-state index contributed by atoms with van der Waals surface area (Å²) in [5.41, 5.74) is 0. The minimum absolute atomic E-state index is 0.0660. The van der Waals surface area contributed by atoms with Crippen LogP contribution < -0.4 is 0 Å². The second kappa shape index (κ2) is 62.1. The predicted molar refractivity (Wildman–Crippen MR) is 327 cm³/mol. The van der Waals surface area contributed by atoms with Crippen LogP contribution in [0.25, 0.3) is 0 Å². The summed E-state index contributed by atoms with van der Waals surface area (Å²) < 4.78 is 15.1. The van der Waals surface area contributed by atoms with Gasteiger partial charge in [-0.3, -0.25) is 0 Å². The van der Waals surface area contributed by atoms with Crippen LogP contribution in [0.15, 0.2) is 24.3 Å². The van der Waals surface area contributed by atoms with Gasteiger partial charge in [-0.15, -0.1) is 0 Å². The normalized spacial score (nSPS) is 12.0. The van der Waals surface area contributed by atoms with Crippen LogP contribution in [0.5, 0.6) is 0 Å². The molecule has 0 radical (unpaired) electrons. The molecule has 4 nitrogen and oxygen atoms in total. The number of hydrogen-bond acceptors (Lipinski definition) is 4. The maximum atomic E-state index is 13.8. The summed E-state index contributed by atoms with van der Waals surface area (Å²) in [5, 5.41) is 0. The van der Waals surface area contributed by atoms with E-state index in [0.29, 0.717) is 12.8 Å². The number of carbonyl (C=O) groups excluding carboxylic acids is 2. The Labute approximate surface area is 464 Å². The summed E-state index contributed by atoms with van der Waals surface area (Å²) in [6.07, 6.45) is 80.2. The first kappa shape index (κ1) is 72.2. The van der Waals surface area contributed by atoms with Crippen LogP contribution in [0.2, 0.25) is 8.87 Å². The first-order valence-electron chi connectivity index (χ1n) is 33.8. The first-order chi connectivity index (χ1) is 36.0. The van der Waals surface area contributed by atoms with Crippen molar-refractivity contribution in [3.63, 3.8) is 0 Å². The van der Waals surface area contributed by atoms with E-state index in [-0.39, 0.29) is 11.9 Å². The second-order valence-electron chi connectivity index (χ2n) is 23.2. The Morgan fingerprint density at radius 3 is 0.644 bits per heavy atom. The fraction of sp³-hybridized carbons (Fsp3) is 0.912. The third-order valence-electron chi connectivity index (χ3n) is 15.7. The van der Waals surface area contributed by atoms with E-state index in [2.05, 4.69) is 52.0 Å². The molecular formula is C68H132O4Sn. The molecule has 0 aliphatic heterocycles. The Morgan fingerprint density at radius 2 is 0.425 bits per heavy atom. The molecule has 0 rings (SSSR count). The molecule has 0 amide bonds. The van der Waals surface area contributed by atoms with Gasteiger partial charge in [0.1, 0.15) is 0 Å². The maximum absolute atomic E-state index is 13.8. The molecule has 0 aromatic rings. The standard InChI is InChI=1S/2C22H42O2.2C12H25.Sn/c2*1-2-3-4-5-6-7-8-9-10-11-12-13-14-15-16-17-18-19-20-21-22(23)24;2*1-3-5-7-9-11-12-10-8-6-4-2;/h2*9-10H,2-8,11-21H2,1H3,(H,23,24);2*1,3-12H2,2H3;/q;;;;+2/p-2/b2*10-9-;;;. The SMILES string of the molecule is CCCCCCCC/C=C\CCCCCCCCCCCC(=O)[O][Sn]([CH2]CCCCCCCCCCC)([CH2]CCCCCCCCCCC)[O]C(=O)CCCCCCCCCCC/C=C\CCCCCCCC. The Bertz CT molecular complexity index is 1060. The number of unbranched alkanes of at least 4 members (excludes halogenated alkanes) is 48. The van der Waals surface area contributed by atoms with Gasteiger partial charge in [0.2, 0.25) is 0 Å². The zero-order valence-electron chi connectivity index (χ0n) is 50.5. The third-order valence-corrected chi connectivity index (χ3v) is 25.5. The van der Waals surface area contributed by atoms with Crippen LogP contribution in [-0.4, -0.2) is 31.1 Å². The van der Waals surface area contributed by atoms with Gasteiger partial charge in [-0.25, -0.2) is 0 Å². The van der Waals surface area contributed by atoms with Crippen molar-refractivity contribution in [1.82, 2.24) is 0 Å². The van der Waals surface area contributed by atoms with Gasteiger partial charge in [-0.2, -0.15) is 0 Å². The van der Waals surface area contributed by atoms with Gasteiger partial charge in [-0.05, 0) is 38.5 Å². The number of allylic oxidation sites excluding steroid dienone is 4. The van der Waals surface area contributed by atoms with Crippen molar-refractivity contribution in [3.05, 3.63) is 24.3 Å². The molecule has 5 heteroatoms. The van der Waals surface area contributed by atoms with E-state index >= 15 is 0 Å². The van der Waals surface area contributed by atoms with Crippen LogP contribution in [0, 0.1) is 0 Å². The van der Waals surface area contributed by atoms with E-state index in [0.717, 1.165) is 60.2 Å². The Kier molecular flexibility index (Phi) is 61.4. The smallest absolute Gasteiger partial charge is 0.0885 e. The van der Waals surface area contributed by atoms with Gasteiger partial charge in [0.15, 0.2) is 0 Å². The van der Waals surface area contributed by atoms with E-state index in [1.54, 1.807) is 0 Å². The molecule has 0 bridgehead atoms. The summed E-state index contributed by atoms with van der Waals surface area (Å²) in [6, 6.07) is 0.